The number of aromatic nitrogens is 3. The topological polar surface area (TPSA) is 98.1 Å². The zero-order valence-electron chi connectivity index (χ0n) is 18.0. The van der Waals surface area contributed by atoms with E-state index in [4.69, 9.17) is 16.3 Å². The number of carbonyl (C=O) groups excluding carboxylic acids is 2. The van der Waals surface area contributed by atoms with Crippen molar-refractivity contribution in [2.24, 2.45) is 0 Å². The van der Waals surface area contributed by atoms with Crippen molar-refractivity contribution >= 4 is 40.9 Å². The summed E-state index contributed by atoms with van der Waals surface area (Å²) < 4.78 is 7.13. The zero-order chi connectivity index (χ0) is 23.1. The van der Waals surface area contributed by atoms with Crippen LogP contribution in [-0.2, 0) is 11.3 Å². The summed E-state index contributed by atoms with van der Waals surface area (Å²) in [5.41, 5.74) is 1.00. The molecule has 168 valence electrons. The van der Waals surface area contributed by atoms with Crippen LogP contribution in [-0.4, -0.2) is 39.4 Å². The van der Waals surface area contributed by atoms with E-state index in [1.807, 2.05) is 30.5 Å². The lowest BCUT2D eigenvalue weighted by Gasteiger charge is -2.15. The molecule has 2 N–H and O–H groups in total. The number of halogens is 1. The van der Waals surface area contributed by atoms with Crippen LogP contribution in [0.25, 0.3) is 0 Å². The van der Waals surface area contributed by atoms with Crippen LogP contribution in [0, 0.1) is 0 Å². The average molecular weight is 474 g/mol. The minimum atomic E-state index is -0.400. The van der Waals surface area contributed by atoms with Gasteiger partial charge in [-0.15, -0.1) is 10.2 Å². The van der Waals surface area contributed by atoms with E-state index in [9.17, 15) is 9.59 Å². The van der Waals surface area contributed by atoms with Crippen LogP contribution in [0.3, 0.4) is 0 Å². The van der Waals surface area contributed by atoms with E-state index in [1.54, 1.807) is 43.5 Å². The van der Waals surface area contributed by atoms with Gasteiger partial charge in [0.25, 0.3) is 5.91 Å². The van der Waals surface area contributed by atoms with Crippen molar-refractivity contribution < 1.29 is 14.3 Å². The molecule has 1 atom stereocenters. The number of methoxy groups -OCH3 is 1. The first-order valence-corrected chi connectivity index (χ1v) is 11.3. The number of carbonyl (C=O) groups is 2. The van der Waals surface area contributed by atoms with Crippen molar-refractivity contribution in [1.82, 2.24) is 20.1 Å². The van der Waals surface area contributed by atoms with Crippen LogP contribution in [0.15, 0.2) is 53.7 Å². The molecule has 1 aromatic heterocycles. The van der Waals surface area contributed by atoms with Gasteiger partial charge in [0, 0.05) is 6.54 Å². The van der Waals surface area contributed by atoms with Crippen LogP contribution < -0.4 is 15.4 Å². The van der Waals surface area contributed by atoms with Crippen LogP contribution in [0.1, 0.15) is 36.1 Å². The molecule has 10 heteroatoms. The van der Waals surface area contributed by atoms with E-state index in [2.05, 4.69) is 20.8 Å². The average Bonchev–Trinajstić information content (AvgIpc) is 3.21. The van der Waals surface area contributed by atoms with E-state index < -0.39 is 6.04 Å². The van der Waals surface area contributed by atoms with E-state index in [0.29, 0.717) is 39.5 Å². The van der Waals surface area contributed by atoms with Crippen LogP contribution in [0.4, 0.5) is 5.69 Å². The van der Waals surface area contributed by atoms with Gasteiger partial charge in [-0.25, -0.2) is 0 Å². The number of thioether (sulfide) groups is 1. The molecule has 1 heterocycles. The molecule has 2 amide bonds. The summed E-state index contributed by atoms with van der Waals surface area (Å²) in [6.45, 7) is 4.37. The van der Waals surface area contributed by atoms with Gasteiger partial charge in [-0.3, -0.25) is 9.59 Å². The standard InChI is InChI=1S/C22H24ClN5O3S/c1-4-28-20(14(2)24-21(30)15-9-5-6-10-16(15)23)26-27-22(28)32-13-19(29)25-17-11-7-8-12-18(17)31-3/h5-12,14H,4,13H2,1-3H3,(H,24,30)(H,25,29)/t14-/m0/s1. The lowest BCUT2D eigenvalue weighted by atomic mass is 10.2. The fourth-order valence-corrected chi connectivity index (χ4v) is 4.10. The maximum absolute atomic E-state index is 12.6. The smallest absolute Gasteiger partial charge is 0.253 e. The molecular formula is C22H24ClN5O3S. The molecular weight excluding hydrogens is 450 g/mol. The second-order valence-corrected chi connectivity index (χ2v) is 8.15. The molecule has 0 saturated heterocycles. The summed E-state index contributed by atoms with van der Waals surface area (Å²) in [5, 5.41) is 15.2. The highest BCUT2D eigenvalue weighted by Gasteiger charge is 2.21. The number of benzene rings is 2. The number of nitrogens with one attached hydrogen (secondary N) is 2. The van der Waals surface area contributed by atoms with Crippen molar-refractivity contribution in [3.8, 4) is 5.75 Å². The Hall–Kier alpha value is -3.04. The van der Waals surface area contributed by atoms with E-state index in [1.165, 1.54) is 11.8 Å². The minimum absolute atomic E-state index is 0.149. The Bertz CT molecular complexity index is 1100. The molecule has 0 spiro atoms. The summed E-state index contributed by atoms with van der Waals surface area (Å²) >= 11 is 7.39. The molecule has 32 heavy (non-hydrogen) atoms. The Labute approximate surface area is 195 Å². The minimum Gasteiger partial charge on any atom is -0.495 e. The van der Waals surface area contributed by atoms with Crippen molar-refractivity contribution in [3.05, 3.63) is 64.9 Å². The van der Waals surface area contributed by atoms with Gasteiger partial charge in [0.2, 0.25) is 5.91 Å². The Morgan fingerprint density at radius 1 is 1.16 bits per heavy atom. The number of nitrogens with zero attached hydrogens (tertiary/aromatic N) is 3. The molecule has 0 radical (unpaired) electrons. The quantitative estimate of drug-likeness (QED) is 0.452. The van der Waals surface area contributed by atoms with E-state index in [-0.39, 0.29) is 17.6 Å². The second-order valence-electron chi connectivity index (χ2n) is 6.80. The Kier molecular flexibility index (Phi) is 8.13. The summed E-state index contributed by atoms with van der Waals surface area (Å²) in [5.74, 6) is 0.857. The van der Waals surface area contributed by atoms with Gasteiger partial charge in [0.1, 0.15) is 5.75 Å². The van der Waals surface area contributed by atoms with Crippen LogP contribution >= 0.6 is 23.4 Å². The first kappa shape index (κ1) is 23.6. The van der Waals surface area contributed by atoms with Gasteiger partial charge in [0.15, 0.2) is 11.0 Å². The molecule has 2 aromatic carbocycles. The molecule has 0 aliphatic heterocycles. The fourth-order valence-electron chi connectivity index (χ4n) is 3.07. The molecule has 0 fully saturated rings. The maximum atomic E-state index is 12.6. The van der Waals surface area contributed by atoms with Crippen molar-refractivity contribution in [3.63, 3.8) is 0 Å². The van der Waals surface area contributed by atoms with Gasteiger partial charge in [-0.05, 0) is 38.1 Å². The second kappa shape index (κ2) is 11.0. The third-order valence-electron chi connectivity index (χ3n) is 4.63. The van der Waals surface area contributed by atoms with Gasteiger partial charge in [0.05, 0.1) is 35.2 Å². The number of rotatable bonds is 9. The van der Waals surface area contributed by atoms with Crippen molar-refractivity contribution in [1.29, 1.82) is 0 Å². The summed E-state index contributed by atoms with van der Waals surface area (Å²) in [7, 11) is 1.55. The Morgan fingerprint density at radius 2 is 1.88 bits per heavy atom. The third kappa shape index (κ3) is 5.60. The predicted molar refractivity (Wildman–Crippen MR) is 125 cm³/mol. The predicted octanol–water partition coefficient (Wildman–Crippen LogP) is 4.18. The summed E-state index contributed by atoms with van der Waals surface area (Å²) in [6, 6.07) is 13.7. The van der Waals surface area contributed by atoms with E-state index in [0.717, 1.165) is 0 Å². The van der Waals surface area contributed by atoms with Crippen LogP contribution in [0.5, 0.6) is 5.75 Å². The molecule has 8 nitrogen and oxygen atoms in total. The molecule has 3 rings (SSSR count). The highest BCUT2D eigenvalue weighted by molar-refractivity contribution is 7.99. The molecule has 0 bridgehead atoms. The maximum Gasteiger partial charge on any atom is 0.253 e. The number of para-hydroxylation sites is 2. The largest absolute Gasteiger partial charge is 0.495 e. The lowest BCUT2D eigenvalue weighted by Crippen LogP contribution is -2.29. The Morgan fingerprint density at radius 3 is 2.59 bits per heavy atom. The highest BCUT2D eigenvalue weighted by atomic mass is 35.5. The first-order chi connectivity index (χ1) is 15.4. The third-order valence-corrected chi connectivity index (χ3v) is 5.92. The SMILES string of the molecule is CCn1c(SCC(=O)Nc2ccccc2OC)nnc1[C@H](C)NC(=O)c1ccccc1Cl. The van der Waals surface area contributed by atoms with Gasteiger partial charge >= 0.3 is 0 Å². The molecule has 0 aliphatic carbocycles. The zero-order valence-corrected chi connectivity index (χ0v) is 19.5. The van der Waals surface area contributed by atoms with Crippen molar-refractivity contribution in [2.75, 3.05) is 18.2 Å². The van der Waals surface area contributed by atoms with Gasteiger partial charge < -0.3 is 19.9 Å². The molecule has 0 saturated carbocycles. The van der Waals surface area contributed by atoms with Crippen LogP contribution in [0.2, 0.25) is 5.02 Å². The van der Waals surface area contributed by atoms with Gasteiger partial charge in [-0.1, -0.05) is 47.6 Å². The Balaban J connectivity index is 1.64. The van der Waals surface area contributed by atoms with Gasteiger partial charge in [-0.2, -0.15) is 0 Å². The highest BCUT2D eigenvalue weighted by Crippen LogP contribution is 2.25. The summed E-state index contributed by atoms with van der Waals surface area (Å²) in [4.78, 5) is 25.0. The number of anilines is 1. The summed E-state index contributed by atoms with van der Waals surface area (Å²) in [6.07, 6.45) is 0. The number of ether oxygens (including phenoxy) is 1. The molecule has 3 aromatic rings. The first-order valence-electron chi connectivity index (χ1n) is 9.98. The monoisotopic (exact) mass is 473 g/mol. The molecule has 0 unspecified atom stereocenters. The number of hydrogen-bond acceptors (Lipinski definition) is 6. The molecule has 0 aliphatic rings. The van der Waals surface area contributed by atoms with Crippen molar-refractivity contribution in [2.45, 2.75) is 31.6 Å². The number of amides is 2. The number of hydrogen-bond donors (Lipinski definition) is 2. The lowest BCUT2D eigenvalue weighted by molar-refractivity contribution is -0.113. The fraction of sp³-hybridized carbons (Fsp3) is 0.273. The normalized spacial score (nSPS) is 11.6. The van der Waals surface area contributed by atoms with E-state index >= 15 is 0 Å².